The molecule has 16 heavy (non-hydrogen) atoms. The van der Waals surface area contributed by atoms with Crippen LogP contribution in [0.25, 0.3) is 0 Å². The van der Waals surface area contributed by atoms with Crippen LogP contribution in [0.1, 0.15) is 12.5 Å². The minimum absolute atomic E-state index is 0.588. The van der Waals surface area contributed by atoms with Crippen molar-refractivity contribution >= 4 is 0 Å². The third-order valence-electron chi connectivity index (χ3n) is 2.55. The summed E-state index contributed by atoms with van der Waals surface area (Å²) in [5.41, 5.74) is 8.03. The summed E-state index contributed by atoms with van der Waals surface area (Å²) in [6.07, 6.45) is 2.91. The Balaban J connectivity index is 2.90. The Labute approximate surface area is 96.9 Å². The lowest BCUT2D eigenvalue weighted by Crippen LogP contribution is -2.05. The van der Waals surface area contributed by atoms with Crippen LogP contribution < -0.4 is 15.2 Å². The first kappa shape index (κ1) is 12.6. The van der Waals surface area contributed by atoms with Crippen LogP contribution in [-0.2, 0) is 6.42 Å². The van der Waals surface area contributed by atoms with E-state index in [4.69, 9.17) is 15.2 Å². The molecular weight excluding hydrogens is 202 g/mol. The summed E-state index contributed by atoms with van der Waals surface area (Å²) in [5, 5.41) is 0. The molecule has 2 N–H and O–H groups in total. The SMILES string of the molecule is C/C=C(\CN)Cc1ccc(OC)c(OC)c1. The third kappa shape index (κ3) is 3.00. The summed E-state index contributed by atoms with van der Waals surface area (Å²) in [6, 6.07) is 5.93. The van der Waals surface area contributed by atoms with Gasteiger partial charge in [-0.3, -0.25) is 0 Å². The van der Waals surface area contributed by atoms with Gasteiger partial charge in [-0.2, -0.15) is 0 Å². The average molecular weight is 221 g/mol. The molecule has 88 valence electrons. The molecule has 0 spiro atoms. The molecule has 1 aromatic rings. The lowest BCUT2D eigenvalue weighted by atomic mass is 10.0. The van der Waals surface area contributed by atoms with E-state index in [0.29, 0.717) is 6.54 Å². The van der Waals surface area contributed by atoms with Gasteiger partial charge in [0.15, 0.2) is 11.5 Å². The third-order valence-corrected chi connectivity index (χ3v) is 2.55. The van der Waals surface area contributed by atoms with Crippen LogP contribution in [0.2, 0.25) is 0 Å². The summed E-state index contributed by atoms with van der Waals surface area (Å²) < 4.78 is 10.4. The van der Waals surface area contributed by atoms with Crippen molar-refractivity contribution in [1.29, 1.82) is 0 Å². The molecule has 0 aliphatic heterocycles. The Kier molecular flexibility index (Phi) is 4.86. The number of hydrogen-bond acceptors (Lipinski definition) is 3. The minimum Gasteiger partial charge on any atom is -0.493 e. The molecule has 0 amide bonds. The van der Waals surface area contributed by atoms with Crippen LogP contribution in [0.15, 0.2) is 29.8 Å². The summed E-state index contributed by atoms with van der Waals surface area (Å²) in [5.74, 6) is 1.51. The van der Waals surface area contributed by atoms with Gasteiger partial charge < -0.3 is 15.2 Å². The average Bonchev–Trinajstić information content (AvgIpc) is 2.35. The number of hydrogen-bond donors (Lipinski definition) is 1. The van der Waals surface area contributed by atoms with E-state index in [2.05, 4.69) is 6.08 Å². The van der Waals surface area contributed by atoms with Gasteiger partial charge in [-0.1, -0.05) is 17.7 Å². The van der Waals surface area contributed by atoms with Gasteiger partial charge in [-0.25, -0.2) is 0 Å². The van der Waals surface area contributed by atoms with Gasteiger partial charge in [-0.05, 0) is 31.0 Å². The Hall–Kier alpha value is -1.48. The summed E-state index contributed by atoms with van der Waals surface area (Å²) in [7, 11) is 3.27. The van der Waals surface area contributed by atoms with E-state index < -0.39 is 0 Å². The summed E-state index contributed by atoms with van der Waals surface area (Å²) in [6.45, 7) is 2.59. The minimum atomic E-state index is 0.588. The molecule has 0 atom stereocenters. The molecule has 3 nitrogen and oxygen atoms in total. The van der Waals surface area contributed by atoms with E-state index in [9.17, 15) is 0 Å². The lowest BCUT2D eigenvalue weighted by molar-refractivity contribution is 0.354. The largest absolute Gasteiger partial charge is 0.493 e. The number of allylic oxidation sites excluding steroid dienone is 1. The maximum atomic E-state index is 5.63. The quantitative estimate of drug-likeness (QED) is 0.775. The van der Waals surface area contributed by atoms with Crippen LogP contribution in [-0.4, -0.2) is 20.8 Å². The van der Waals surface area contributed by atoms with E-state index in [1.807, 2.05) is 25.1 Å². The first-order valence-corrected chi connectivity index (χ1v) is 5.30. The topological polar surface area (TPSA) is 44.5 Å². The lowest BCUT2D eigenvalue weighted by Gasteiger charge is -2.10. The van der Waals surface area contributed by atoms with Crippen LogP contribution in [0.5, 0.6) is 11.5 Å². The van der Waals surface area contributed by atoms with Crippen molar-refractivity contribution < 1.29 is 9.47 Å². The Morgan fingerprint density at radius 3 is 2.44 bits per heavy atom. The molecule has 0 saturated heterocycles. The predicted octanol–water partition coefficient (Wildman–Crippen LogP) is 2.15. The fourth-order valence-electron chi connectivity index (χ4n) is 1.54. The van der Waals surface area contributed by atoms with E-state index in [0.717, 1.165) is 17.9 Å². The zero-order valence-corrected chi connectivity index (χ0v) is 10.1. The van der Waals surface area contributed by atoms with Gasteiger partial charge in [0.2, 0.25) is 0 Å². The molecule has 3 heteroatoms. The highest BCUT2D eigenvalue weighted by Crippen LogP contribution is 2.28. The zero-order valence-electron chi connectivity index (χ0n) is 10.1. The van der Waals surface area contributed by atoms with Crippen LogP contribution in [0.4, 0.5) is 0 Å². The smallest absolute Gasteiger partial charge is 0.160 e. The maximum absolute atomic E-state index is 5.63. The Bertz CT molecular complexity index is 372. The van der Waals surface area contributed by atoms with Gasteiger partial charge >= 0.3 is 0 Å². The number of benzene rings is 1. The van der Waals surface area contributed by atoms with E-state index in [-0.39, 0.29) is 0 Å². The van der Waals surface area contributed by atoms with Gasteiger partial charge in [0.25, 0.3) is 0 Å². The van der Waals surface area contributed by atoms with Crippen LogP contribution in [0, 0.1) is 0 Å². The molecule has 0 aliphatic carbocycles. The van der Waals surface area contributed by atoms with E-state index >= 15 is 0 Å². The summed E-state index contributed by atoms with van der Waals surface area (Å²) >= 11 is 0. The Morgan fingerprint density at radius 1 is 1.25 bits per heavy atom. The highest BCUT2D eigenvalue weighted by atomic mass is 16.5. The second-order valence-electron chi connectivity index (χ2n) is 3.52. The van der Waals surface area contributed by atoms with Gasteiger partial charge in [0, 0.05) is 6.54 Å². The first-order valence-electron chi connectivity index (χ1n) is 5.30. The molecule has 0 heterocycles. The van der Waals surface area contributed by atoms with Crippen molar-refractivity contribution in [2.75, 3.05) is 20.8 Å². The second-order valence-corrected chi connectivity index (χ2v) is 3.52. The van der Waals surface area contributed by atoms with E-state index in [1.54, 1.807) is 14.2 Å². The van der Waals surface area contributed by atoms with Crippen molar-refractivity contribution in [3.05, 3.63) is 35.4 Å². The Morgan fingerprint density at radius 2 is 1.94 bits per heavy atom. The standard InChI is InChI=1S/C13H19NO2/c1-4-10(9-14)7-11-5-6-12(15-2)13(8-11)16-3/h4-6,8H,7,9,14H2,1-3H3/b10-4-. The molecule has 1 rings (SSSR count). The number of rotatable bonds is 5. The first-order chi connectivity index (χ1) is 7.74. The van der Waals surface area contributed by atoms with Gasteiger partial charge in [-0.15, -0.1) is 0 Å². The molecule has 0 saturated carbocycles. The highest BCUT2D eigenvalue weighted by Gasteiger charge is 2.05. The monoisotopic (exact) mass is 221 g/mol. The van der Waals surface area contributed by atoms with Gasteiger partial charge in [0.05, 0.1) is 14.2 Å². The fraction of sp³-hybridized carbons (Fsp3) is 0.385. The number of methoxy groups -OCH3 is 2. The van der Waals surface area contributed by atoms with Crippen molar-refractivity contribution in [3.8, 4) is 11.5 Å². The molecule has 0 radical (unpaired) electrons. The normalized spacial score (nSPS) is 11.4. The second kappa shape index (κ2) is 6.18. The number of ether oxygens (including phenoxy) is 2. The van der Waals surface area contributed by atoms with Crippen LogP contribution in [0.3, 0.4) is 0 Å². The van der Waals surface area contributed by atoms with Crippen molar-refractivity contribution in [2.45, 2.75) is 13.3 Å². The zero-order chi connectivity index (χ0) is 12.0. The maximum Gasteiger partial charge on any atom is 0.160 e. The number of nitrogens with two attached hydrogens (primary N) is 1. The molecule has 0 aliphatic rings. The molecule has 0 bridgehead atoms. The van der Waals surface area contributed by atoms with Gasteiger partial charge in [0.1, 0.15) is 0 Å². The molecule has 1 aromatic carbocycles. The van der Waals surface area contributed by atoms with Crippen LogP contribution >= 0.6 is 0 Å². The van der Waals surface area contributed by atoms with Crippen molar-refractivity contribution in [3.63, 3.8) is 0 Å². The molecule has 0 aromatic heterocycles. The fourth-order valence-corrected chi connectivity index (χ4v) is 1.54. The molecule has 0 unspecified atom stereocenters. The summed E-state index contributed by atoms with van der Waals surface area (Å²) in [4.78, 5) is 0. The van der Waals surface area contributed by atoms with E-state index in [1.165, 1.54) is 11.1 Å². The van der Waals surface area contributed by atoms with Crippen molar-refractivity contribution in [1.82, 2.24) is 0 Å². The molecule has 0 fully saturated rings. The highest BCUT2D eigenvalue weighted by molar-refractivity contribution is 5.43. The predicted molar refractivity (Wildman–Crippen MR) is 66.1 cm³/mol. The van der Waals surface area contributed by atoms with Crippen molar-refractivity contribution in [2.24, 2.45) is 5.73 Å². The molecular formula is C13H19NO2.